The Labute approximate surface area is 156 Å². The molecule has 0 bridgehead atoms. The number of aryl methyl sites for hydroxylation is 2. The minimum absolute atomic E-state index is 0.0120. The lowest BCUT2D eigenvalue weighted by molar-refractivity contribution is -0.121. The van der Waals surface area contributed by atoms with Crippen molar-refractivity contribution in [1.82, 2.24) is 29.2 Å². The van der Waals surface area contributed by atoms with Gasteiger partial charge >= 0.3 is 5.69 Å². The fourth-order valence-electron chi connectivity index (χ4n) is 3.76. The van der Waals surface area contributed by atoms with E-state index in [4.69, 9.17) is 0 Å². The summed E-state index contributed by atoms with van der Waals surface area (Å²) in [7, 11) is 1.72. The number of imidazole rings is 1. The molecule has 8 nitrogen and oxygen atoms in total. The number of hydrogen-bond acceptors (Lipinski definition) is 4. The summed E-state index contributed by atoms with van der Waals surface area (Å²) in [5.41, 5.74) is 1.40. The van der Waals surface area contributed by atoms with Crippen LogP contribution in [-0.4, -0.2) is 36.4 Å². The topological polar surface area (TPSA) is 86.7 Å². The third-order valence-electron chi connectivity index (χ3n) is 5.21. The van der Waals surface area contributed by atoms with Crippen molar-refractivity contribution >= 4 is 16.9 Å². The average Bonchev–Trinajstić information content (AvgIpc) is 3.04. The molecule has 2 aromatic heterocycles. The van der Waals surface area contributed by atoms with Gasteiger partial charge < -0.3 is 9.88 Å². The highest BCUT2D eigenvalue weighted by molar-refractivity contribution is 5.80. The van der Waals surface area contributed by atoms with Gasteiger partial charge in [0, 0.05) is 33.0 Å². The molecule has 1 amide bonds. The lowest BCUT2D eigenvalue weighted by atomic mass is 10.2. The van der Waals surface area contributed by atoms with Gasteiger partial charge in [0.15, 0.2) is 0 Å². The van der Waals surface area contributed by atoms with E-state index >= 15 is 0 Å². The first-order chi connectivity index (χ1) is 13.1. The average molecular weight is 368 g/mol. The zero-order valence-corrected chi connectivity index (χ0v) is 15.5. The highest BCUT2D eigenvalue weighted by atomic mass is 16.2. The molecule has 3 heterocycles. The van der Waals surface area contributed by atoms with Crippen LogP contribution in [0.3, 0.4) is 0 Å². The van der Waals surface area contributed by atoms with E-state index in [9.17, 15) is 9.59 Å². The van der Waals surface area contributed by atoms with Crippen molar-refractivity contribution in [3.8, 4) is 0 Å². The second-order valence-electron chi connectivity index (χ2n) is 7.01. The first-order valence-electron chi connectivity index (χ1n) is 9.47. The second kappa shape index (κ2) is 7.38. The first kappa shape index (κ1) is 17.5. The Balaban J connectivity index is 1.39. The molecule has 0 saturated carbocycles. The van der Waals surface area contributed by atoms with Gasteiger partial charge in [-0.2, -0.15) is 0 Å². The standard InChI is InChI=1S/C19H24N6O2/c1-23-14-7-4-5-8-15(14)25(19(23)27)13-18(26)20-11-10-17-22-21-16-9-3-2-6-12-24(16)17/h4-5,7-8H,2-3,6,9-13H2,1H3,(H,20,26). The summed E-state index contributed by atoms with van der Waals surface area (Å²) in [6.07, 6.45) is 5.15. The van der Waals surface area contributed by atoms with E-state index < -0.39 is 0 Å². The molecule has 142 valence electrons. The summed E-state index contributed by atoms with van der Waals surface area (Å²) in [6.45, 7) is 1.45. The highest BCUT2D eigenvalue weighted by Crippen LogP contribution is 2.14. The summed E-state index contributed by atoms with van der Waals surface area (Å²) in [5, 5.41) is 11.5. The Kier molecular flexibility index (Phi) is 4.79. The summed E-state index contributed by atoms with van der Waals surface area (Å²) < 4.78 is 5.26. The van der Waals surface area contributed by atoms with E-state index in [1.54, 1.807) is 11.6 Å². The van der Waals surface area contributed by atoms with Gasteiger partial charge in [0.1, 0.15) is 18.2 Å². The van der Waals surface area contributed by atoms with E-state index in [2.05, 4.69) is 20.1 Å². The number of aromatic nitrogens is 5. The molecule has 0 aliphatic carbocycles. The summed E-state index contributed by atoms with van der Waals surface area (Å²) in [5.74, 6) is 1.80. The largest absolute Gasteiger partial charge is 0.354 e. The Morgan fingerprint density at radius 2 is 1.96 bits per heavy atom. The van der Waals surface area contributed by atoms with Crippen molar-refractivity contribution in [1.29, 1.82) is 0 Å². The molecule has 8 heteroatoms. The molecule has 1 aliphatic rings. The van der Waals surface area contributed by atoms with Gasteiger partial charge in [-0.1, -0.05) is 18.6 Å². The Morgan fingerprint density at radius 3 is 2.81 bits per heavy atom. The maximum atomic E-state index is 12.4. The number of hydrogen-bond donors (Lipinski definition) is 1. The minimum Gasteiger partial charge on any atom is -0.354 e. The van der Waals surface area contributed by atoms with Gasteiger partial charge in [0.2, 0.25) is 5.91 Å². The number of nitrogens with one attached hydrogen (secondary N) is 1. The fourth-order valence-corrected chi connectivity index (χ4v) is 3.76. The zero-order chi connectivity index (χ0) is 18.8. The van der Waals surface area contributed by atoms with E-state index in [-0.39, 0.29) is 18.1 Å². The fraction of sp³-hybridized carbons (Fsp3) is 0.474. The van der Waals surface area contributed by atoms with Crippen LogP contribution in [0.15, 0.2) is 29.1 Å². The Hall–Kier alpha value is -2.90. The number of para-hydroxylation sites is 2. The molecule has 1 aliphatic heterocycles. The summed E-state index contributed by atoms with van der Waals surface area (Å²) in [6, 6.07) is 7.48. The van der Waals surface area contributed by atoms with E-state index in [0.717, 1.165) is 48.5 Å². The van der Waals surface area contributed by atoms with Gasteiger partial charge in [0.25, 0.3) is 0 Å². The molecule has 0 fully saturated rings. The van der Waals surface area contributed by atoms with E-state index in [1.807, 2.05) is 24.3 Å². The molecule has 4 rings (SSSR count). The molecule has 0 radical (unpaired) electrons. The SMILES string of the molecule is Cn1c(=O)n(CC(=O)NCCc2nnc3n2CCCCC3)c2ccccc21. The number of benzene rings is 1. The van der Waals surface area contributed by atoms with E-state index in [0.29, 0.717) is 13.0 Å². The van der Waals surface area contributed by atoms with Gasteiger partial charge in [-0.3, -0.25) is 13.9 Å². The normalized spacial score (nSPS) is 14.1. The van der Waals surface area contributed by atoms with Crippen LogP contribution >= 0.6 is 0 Å². The summed E-state index contributed by atoms with van der Waals surface area (Å²) in [4.78, 5) is 24.8. The monoisotopic (exact) mass is 368 g/mol. The van der Waals surface area contributed by atoms with Gasteiger partial charge in [-0.05, 0) is 25.0 Å². The molecular weight excluding hydrogens is 344 g/mol. The number of nitrogens with zero attached hydrogens (tertiary/aromatic N) is 5. The lowest BCUT2D eigenvalue weighted by Gasteiger charge is -2.08. The van der Waals surface area contributed by atoms with Crippen LogP contribution < -0.4 is 11.0 Å². The van der Waals surface area contributed by atoms with Crippen LogP contribution in [0.4, 0.5) is 0 Å². The van der Waals surface area contributed by atoms with Crippen LogP contribution in [0.2, 0.25) is 0 Å². The third-order valence-corrected chi connectivity index (χ3v) is 5.21. The van der Waals surface area contributed by atoms with Crippen molar-refractivity contribution in [3.63, 3.8) is 0 Å². The maximum absolute atomic E-state index is 12.4. The van der Waals surface area contributed by atoms with Crippen molar-refractivity contribution in [2.24, 2.45) is 7.05 Å². The smallest absolute Gasteiger partial charge is 0.329 e. The Bertz CT molecular complexity index is 1030. The van der Waals surface area contributed by atoms with Crippen molar-refractivity contribution in [2.45, 2.75) is 45.2 Å². The van der Waals surface area contributed by atoms with Crippen LogP contribution in [0.5, 0.6) is 0 Å². The molecule has 1 aromatic carbocycles. The molecular formula is C19H24N6O2. The predicted octanol–water partition coefficient (Wildman–Crippen LogP) is 1.02. The number of carbonyl (C=O) groups excluding carboxylic acids is 1. The van der Waals surface area contributed by atoms with Crippen LogP contribution in [0, 0.1) is 0 Å². The Morgan fingerprint density at radius 1 is 1.15 bits per heavy atom. The van der Waals surface area contributed by atoms with Crippen molar-refractivity contribution in [3.05, 3.63) is 46.4 Å². The molecule has 0 atom stereocenters. The highest BCUT2D eigenvalue weighted by Gasteiger charge is 2.16. The van der Waals surface area contributed by atoms with Crippen molar-refractivity contribution in [2.75, 3.05) is 6.54 Å². The molecule has 0 spiro atoms. The first-order valence-corrected chi connectivity index (χ1v) is 9.47. The van der Waals surface area contributed by atoms with Crippen molar-refractivity contribution < 1.29 is 4.79 Å². The minimum atomic E-state index is -0.186. The number of rotatable bonds is 5. The number of fused-ring (bicyclic) bond motifs is 2. The predicted molar refractivity (Wildman–Crippen MR) is 101 cm³/mol. The second-order valence-corrected chi connectivity index (χ2v) is 7.01. The lowest BCUT2D eigenvalue weighted by Crippen LogP contribution is -2.34. The van der Waals surface area contributed by atoms with E-state index in [1.165, 1.54) is 11.0 Å². The zero-order valence-electron chi connectivity index (χ0n) is 15.5. The quantitative estimate of drug-likeness (QED) is 0.728. The van der Waals surface area contributed by atoms with Gasteiger partial charge in [-0.15, -0.1) is 10.2 Å². The number of carbonyl (C=O) groups is 1. The number of amides is 1. The molecule has 0 unspecified atom stereocenters. The third kappa shape index (κ3) is 3.39. The molecule has 27 heavy (non-hydrogen) atoms. The van der Waals surface area contributed by atoms with Crippen LogP contribution in [-0.2, 0) is 37.8 Å². The molecule has 3 aromatic rings. The van der Waals surface area contributed by atoms with Crippen LogP contribution in [0.25, 0.3) is 11.0 Å². The summed E-state index contributed by atoms with van der Waals surface area (Å²) >= 11 is 0. The van der Waals surface area contributed by atoms with Gasteiger partial charge in [-0.25, -0.2) is 4.79 Å². The van der Waals surface area contributed by atoms with Gasteiger partial charge in [0.05, 0.1) is 11.0 Å². The molecule has 1 N–H and O–H groups in total. The molecule has 0 saturated heterocycles. The maximum Gasteiger partial charge on any atom is 0.329 e. The van der Waals surface area contributed by atoms with Crippen LogP contribution in [0.1, 0.15) is 30.9 Å².